The summed E-state index contributed by atoms with van der Waals surface area (Å²) in [5.74, 6) is 1.84. The highest BCUT2D eigenvalue weighted by atomic mass is 16.3. The Hall–Kier alpha value is -1.09. The minimum Gasteiger partial charge on any atom is -0.389 e. The first-order valence-corrected chi connectivity index (χ1v) is 6.60. The van der Waals surface area contributed by atoms with Crippen molar-refractivity contribution in [3.63, 3.8) is 0 Å². The molecule has 1 aromatic heterocycles. The summed E-state index contributed by atoms with van der Waals surface area (Å²) in [5.41, 5.74) is 0.947. The van der Waals surface area contributed by atoms with Crippen molar-refractivity contribution < 1.29 is 5.11 Å². The Morgan fingerprint density at radius 3 is 2.76 bits per heavy atom. The van der Waals surface area contributed by atoms with Gasteiger partial charge in [-0.2, -0.15) is 0 Å². The maximum Gasteiger partial charge on any atom is 0.134 e. The Morgan fingerprint density at radius 1 is 1.47 bits per heavy atom. The fourth-order valence-corrected chi connectivity index (χ4v) is 2.55. The van der Waals surface area contributed by atoms with Gasteiger partial charge in [-0.3, -0.25) is 0 Å². The summed E-state index contributed by atoms with van der Waals surface area (Å²) in [6.45, 7) is 6.20. The third kappa shape index (κ3) is 2.78. The predicted molar refractivity (Wildman–Crippen MR) is 70.1 cm³/mol. The molecule has 1 aliphatic rings. The minimum absolute atomic E-state index is 0.442. The van der Waals surface area contributed by atoms with Gasteiger partial charge in [-0.25, -0.2) is 4.98 Å². The lowest BCUT2D eigenvalue weighted by atomic mass is 9.94. The molecule has 1 fully saturated rings. The zero-order chi connectivity index (χ0) is 12.3. The molecule has 0 amide bonds. The molecular formula is C14H22N2O. The smallest absolute Gasteiger partial charge is 0.134 e. The van der Waals surface area contributed by atoms with Crippen LogP contribution in [-0.2, 0) is 0 Å². The van der Waals surface area contributed by atoms with E-state index in [2.05, 4.69) is 16.8 Å². The first kappa shape index (κ1) is 12.4. The molecular weight excluding hydrogens is 212 g/mol. The Balaban J connectivity index is 2.13. The number of aliphatic hydroxyl groups is 1. The first-order chi connectivity index (χ1) is 8.22. The Kier molecular flexibility index (Phi) is 4.00. The van der Waals surface area contributed by atoms with Gasteiger partial charge >= 0.3 is 0 Å². The van der Waals surface area contributed by atoms with Gasteiger partial charge in [0.05, 0.1) is 6.10 Å². The molecule has 0 radical (unpaired) electrons. The minimum atomic E-state index is -0.442. The van der Waals surface area contributed by atoms with E-state index in [1.165, 1.54) is 19.3 Å². The number of nitrogens with zero attached hydrogens (tertiary/aromatic N) is 2. The second-order valence-corrected chi connectivity index (χ2v) is 4.93. The zero-order valence-corrected chi connectivity index (χ0v) is 10.8. The van der Waals surface area contributed by atoms with Crippen molar-refractivity contribution in [3.8, 4) is 0 Å². The first-order valence-electron chi connectivity index (χ1n) is 6.60. The van der Waals surface area contributed by atoms with E-state index in [0.29, 0.717) is 0 Å². The van der Waals surface area contributed by atoms with Crippen molar-refractivity contribution in [2.24, 2.45) is 5.92 Å². The molecule has 0 aromatic carbocycles. The summed E-state index contributed by atoms with van der Waals surface area (Å²) in [4.78, 5) is 6.75. The number of aromatic nitrogens is 1. The molecule has 0 bridgehead atoms. The number of piperidine rings is 1. The maximum absolute atomic E-state index is 9.77. The van der Waals surface area contributed by atoms with E-state index < -0.39 is 6.10 Å². The van der Waals surface area contributed by atoms with E-state index in [4.69, 9.17) is 0 Å². The fraction of sp³-hybridized carbons (Fsp3) is 0.643. The molecule has 0 aliphatic carbocycles. The highest BCUT2D eigenvalue weighted by Gasteiger charge is 2.21. The average Bonchev–Trinajstić information content (AvgIpc) is 2.39. The summed E-state index contributed by atoms with van der Waals surface area (Å²) < 4.78 is 0. The van der Waals surface area contributed by atoms with Crippen molar-refractivity contribution in [3.05, 3.63) is 23.9 Å². The lowest BCUT2D eigenvalue weighted by molar-refractivity contribution is 0.199. The molecule has 17 heavy (non-hydrogen) atoms. The van der Waals surface area contributed by atoms with Gasteiger partial charge in [0.1, 0.15) is 5.82 Å². The number of anilines is 1. The van der Waals surface area contributed by atoms with Crippen molar-refractivity contribution in [2.45, 2.75) is 39.2 Å². The Morgan fingerprint density at radius 2 is 2.18 bits per heavy atom. The fourth-order valence-electron chi connectivity index (χ4n) is 2.55. The molecule has 3 nitrogen and oxygen atoms in total. The molecule has 1 N–H and O–H groups in total. The molecule has 0 spiro atoms. The van der Waals surface area contributed by atoms with Crippen molar-refractivity contribution in [2.75, 3.05) is 18.0 Å². The van der Waals surface area contributed by atoms with Crippen LogP contribution in [0.5, 0.6) is 0 Å². The van der Waals surface area contributed by atoms with Gasteiger partial charge in [0.25, 0.3) is 0 Å². The van der Waals surface area contributed by atoms with Crippen LogP contribution in [0.2, 0.25) is 0 Å². The van der Waals surface area contributed by atoms with Crippen LogP contribution in [0.25, 0.3) is 0 Å². The molecule has 2 rings (SSSR count). The molecule has 1 saturated heterocycles. The number of hydrogen-bond donors (Lipinski definition) is 1. The number of pyridine rings is 1. The summed E-state index contributed by atoms with van der Waals surface area (Å²) in [7, 11) is 0. The summed E-state index contributed by atoms with van der Waals surface area (Å²) in [6.07, 6.45) is 5.13. The maximum atomic E-state index is 9.77. The van der Waals surface area contributed by atoms with Crippen LogP contribution in [-0.4, -0.2) is 23.2 Å². The van der Waals surface area contributed by atoms with Crippen LogP contribution < -0.4 is 4.90 Å². The van der Waals surface area contributed by atoms with E-state index in [0.717, 1.165) is 30.4 Å². The van der Waals surface area contributed by atoms with Crippen LogP contribution in [0.3, 0.4) is 0 Å². The second-order valence-electron chi connectivity index (χ2n) is 4.93. The normalized spacial score (nSPS) is 19.4. The van der Waals surface area contributed by atoms with E-state index in [-0.39, 0.29) is 0 Å². The molecule has 1 aromatic rings. The largest absolute Gasteiger partial charge is 0.389 e. The lowest BCUT2D eigenvalue weighted by Gasteiger charge is -2.33. The molecule has 1 aliphatic heterocycles. The standard InChI is InChI=1S/C14H22N2O/c1-3-12-6-9-16(10-7-12)14-13(11(2)17)5-4-8-15-14/h4-5,8,11-12,17H,3,6-7,9-10H2,1-2H3. The molecule has 1 atom stereocenters. The van der Waals surface area contributed by atoms with Gasteiger partial charge in [-0.15, -0.1) is 0 Å². The molecule has 94 valence electrons. The molecule has 1 unspecified atom stereocenters. The summed E-state index contributed by atoms with van der Waals surface area (Å²) >= 11 is 0. The summed E-state index contributed by atoms with van der Waals surface area (Å²) in [6, 6.07) is 3.86. The van der Waals surface area contributed by atoms with Gasteiger partial charge < -0.3 is 10.0 Å². The third-order valence-electron chi connectivity index (χ3n) is 3.76. The van der Waals surface area contributed by atoms with Gasteiger partial charge in [0, 0.05) is 24.8 Å². The van der Waals surface area contributed by atoms with Crippen LogP contribution in [0, 0.1) is 5.92 Å². The van der Waals surface area contributed by atoms with Crippen molar-refractivity contribution >= 4 is 5.82 Å². The van der Waals surface area contributed by atoms with Crippen molar-refractivity contribution in [1.82, 2.24) is 4.98 Å². The van der Waals surface area contributed by atoms with E-state index in [1.54, 1.807) is 6.92 Å². The number of rotatable bonds is 3. The highest BCUT2D eigenvalue weighted by Crippen LogP contribution is 2.28. The average molecular weight is 234 g/mol. The van der Waals surface area contributed by atoms with E-state index in [1.807, 2.05) is 18.3 Å². The topological polar surface area (TPSA) is 36.4 Å². The zero-order valence-electron chi connectivity index (χ0n) is 10.8. The van der Waals surface area contributed by atoms with Crippen LogP contribution in [0.4, 0.5) is 5.82 Å². The van der Waals surface area contributed by atoms with Gasteiger partial charge in [0.15, 0.2) is 0 Å². The molecule has 3 heteroatoms. The highest BCUT2D eigenvalue weighted by molar-refractivity contribution is 5.48. The number of aliphatic hydroxyl groups excluding tert-OH is 1. The van der Waals surface area contributed by atoms with Gasteiger partial charge in [0.2, 0.25) is 0 Å². The molecule has 0 saturated carbocycles. The third-order valence-corrected chi connectivity index (χ3v) is 3.76. The SMILES string of the molecule is CCC1CCN(c2ncccc2C(C)O)CC1. The number of hydrogen-bond acceptors (Lipinski definition) is 3. The monoisotopic (exact) mass is 234 g/mol. The van der Waals surface area contributed by atoms with Crippen LogP contribution in [0.1, 0.15) is 44.8 Å². The quantitative estimate of drug-likeness (QED) is 0.873. The van der Waals surface area contributed by atoms with Crippen LogP contribution in [0.15, 0.2) is 18.3 Å². The van der Waals surface area contributed by atoms with Gasteiger partial charge in [-0.05, 0) is 31.7 Å². The Bertz CT molecular complexity index is 357. The van der Waals surface area contributed by atoms with Crippen molar-refractivity contribution in [1.29, 1.82) is 0 Å². The van der Waals surface area contributed by atoms with Gasteiger partial charge in [-0.1, -0.05) is 19.4 Å². The predicted octanol–water partition coefficient (Wildman–Crippen LogP) is 2.76. The lowest BCUT2D eigenvalue weighted by Crippen LogP contribution is -2.34. The molecule has 2 heterocycles. The van der Waals surface area contributed by atoms with Crippen LogP contribution >= 0.6 is 0 Å². The van der Waals surface area contributed by atoms with E-state index in [9.17, 15) is 5.11 Å². The van der Waals surface area contributed by atoms with E-state index >= 15 is 0 Å². The second kappa shape index (κ2) is 5.50. The Labute approximate surface area is 103 Å². The summed E-state index contributed by atoms with van der Waals surface area (Å²) in [5, 5.41) is 9.77.